The van der Waals surface area contributed by atoms with E-state index in [9.17, 15) is 13.2 Å². The fourth-order valence-electron chi connectivity index (χ4n) is 2.25. The lowest BCUT2D eigenvalue weighted by molar-refractivity contribution is -0.112. The van der Waals surface area contributed by atoms with Crippen LogP contribution in [-0.2, 0) is 14.6 Å². The van der Waals surface area contributed by atoms with Gasteiger partial charge in [0.1, 0.15) is 0 Å². The fourth-order valence-corrected chi connectivity index (χ4v) is 3.87. The molecule has 1 heterocycles. The Labute approximate surface area is 150 Å². The summed E-state index contributed by atoms with van der Waals surface area (Å²) in [6.45, 7) is 1.73. The van der Waals surface area contributed by atoms with Crippen molar-refractivity contribution < 1.29 is 13.2 Å². The highest BCUT2D eigenvalue weighted by atomic mass is 32.2. The fraction of sp³-hybridized carbons (Fsp3) is 0.111. The topological polar surface area (TPSA) is 76.1 Å². The van der Waals surface area contributed by atoms with Gasteiger partial charge in [0.25, 0.3) is 5.91 Å². The number of nitrogens with one attached hydrogen (secondary N) is 1. The molecule has 0 bridgehead atoms. The first-order valence-electron chi connectivity index (χ1n) is 7.48. The van der Waals surface area contributed by atoms with Gasteiger partial charge in [0, 0.05) is 11.8 Å². The molecule has 0 aliphatic carbocycles. The lowest BCUT2D eigenvalue weighted by Crippen LogP contribution is -2.12. The van der Waals surface area contributed by atoms with Gasteiger partial charge in [-0.2, -0.15) is 0 Å². The summed E-state index contributed by atoms with van der Waals surface area (Å²) in [5.41, 5.74) is 2.15. The summed E-state index contributed by atoms with van der Waals surface area (Å²) in [4.78, 5) is 16.9. The van der Waals surface area contributed by atoms with Crippen LogP contribution in [0.5, 0.6) is 0 Å². The molecule has 0 aliphatic heterocycles. The Morgan fingerprint density at radius 1 is 1.16 bits per heavy atom. The summed E-state index contributed by atoms with van der Waals surface area (Å²) in [5.74, 6) is -0.244. The smallest absolute Gasteiger partial charge is 0.253 e. The van der Waals surface area contributed by atoms with E-state index in [0.717, 1.165) is 11.8 Å². The minimum Gasteiger partial charge on any atom is -0.298 e. The Bertz CT molecular complexity index is 1070. The molecule has 0 unspecified atom stereocenters. The number of rotatable bonds is 4. The second-order valence-corrected chi connectivity index (χ2v) is 8.66. The Hall–Kier alpha value is -2.51. The zero-order chi connectivity index (χ0) is 18.0. The Kier molecular flexibility index (Phi) is 4.69. The van der Waals surface area contributed by atoms with E-state index in [2.05, 4.69) is 10.3 Å². The minimum atomic E-state index is -3.27. The van der Waals surface area contributed by atoms with Crippen molar-refractivity contribution in [1.29, 1.82) is 0 Å². The first-order valence-corrected chi connectivity index (χ1v) is 10.2. The number of sulfone groups is 1. The van der Waals surface area contributed by atoms with Crippen LogP contribution in [0.15, 0.2) is 59.0 Å². The molecule has 0 radical (unpaired) electrons. The van der Waals surface area contributed by atoms with Crippen molar-refractivity contribution in [2.75, 3.05) is 11.6 Å². The molecule has 1 N–H and O–H groups in total. The quantitative estimate of drug-likeness (QED) is 0.708. The number of carbonyl (C=O) groups is 1. The van der Waals surface area contributed by atoms with Gasteiger partial charge in [-0.3, -0.25) is 10.1 Å². The Morgan fingerprint density at radius 3 is 2.56 bits per heavy atom. The predicted molar refractivity (Wildman–Crippen MR) is 101 cm³/mol. The predicted octanol–water partition coefficient (Wildman–Crippen LogP) is 3.74. The Balaban J connectivity index is 1.83. The molecule has 0 atom stereocenters. The molecule has 1 aromatic heterocycles. The number of carbonyl (C=O) groups excluding carboxylic acids is 1. The summed E-state index contributed by atoms with van der Waals surface area (Å²) in [7, 11) is -3.27. The Morgan fingerprint density at radius 2 is 1.88 bits per heavy atom. The van der Waals surface area contributed by atoms with E-state index in [1.807, 2.05) is 30.3 Å². The lowest BCUT2D eigenvalue weighted by atomic mass is 10.1. The van der Waals surface area contributed by atoms with E-state index in [4.69, 9.17) is 0 Å². The number of amides is 1. The average Bonchev–Trinajstić information content (AvgIpc) is 2.96. The molecule has 0 saturated carbocycles. The number of thiazole rings is 1. The van der Waals surface area contributed by atoms with Crippen LogP contribution in [0.1, 0.15) is 12.5 Å². The number of fused-ring (bicyclic) bond motifs is 1. The van der Waals surface area contributed by atoms with E-state index in [1.165, 1.54) is 17.4 Å². The largest absolute Gasteiger partial charge is 0.298 e. The van der Waals surface area contributed by atoms with E-state index in [0.29, 0.717) is 20.9 Å². The van der Waals surface area contributed by atoms with E-state index >= 15 is 0 Å². The van der Waals surface area contributed by atoms with Crippen LogP contribution in [-0.4, -0.2) is 25.6 Å². The van der Waals surface area contributed by atoms with Gasteiger partial charge >= 0.3 is 0 Å². The third-order valence-electron chi connectivity index (χ3n) is 3.55. The van der Waals surface area contributed by atoms with Gasteiger partial charge in [-0.25, -0.2) is 13.4 Å². The number of benzene rings is 2. The molecule has 1 amide bonds. The minimum absolute atomic E-state index is 0.238. The van der Waals surface area contributed by atoms with Crippen LogP contribution in [0.3, 0.4) is 0 Å². The highest BCUT2D eigenvalue weighted by Crippen LogP contribution is 2.28. The van der Waals surface area contributed by atoms with Gasteiger partial charge in [-0.05, 0) is 36.8 Å². The maximum atomic E-state index is 12.3. The number of hydrogen-bond donors (Lipinski definition) is 1. The van der Waals surface area contributed by atoms with Gasteiger partial charge < -0.3 is 0 Å². The molecule has 5 nitrogen and oxygen atoms in total. The van der Waals surface area contributed by atoms with Crippen molar-refractivity contribution in [2.45, 2.75) is 11.8 Å². The van der Waals surface area contributed by atoms with E-state index in [-0.39, 0.29) is 10.8 Å². The zero-order valence-corrected chi connectivity index (χ0v) is 15.3. The molecule has 0 fully saturated rings. The highest BCUT2D eigenvalue weighted by Gasteiger charge is 2.12. The second kappa shape index (κ2) is 6.78. The van der Waals surface area contributed by atoms with Crippen molar-refractivity contribution in [3.05, 3.63) is 59.7 Å². The monoisotopic (exact) mass is 372 g/mol. The van der Waals surface area contributed by atoms with Gasteiger partial charge in [-0.15, -0.1) is 0 Å². The third-order valence-corrected chi connectivity index (χ3v) is 5.59. The number of aromatic nitrogens is 1. The molecule has 3 rings (SSSR count). The van der Waals surface area contributed by atoms with Crippen LogP contribution >= 0.6 is 11.3 Å². The molecule has 128 valence electrons. The third kappa shape index (κ3) is 4.12. The summed E-state index contributed by atoms with van der Waals surface area (Å²) in [6.07, 6.45) is 2.96. The highest BCUT2D eigenvalue weighted by molar-refractivity contribution is 7.90. The first-order chi connectivity index (χ1) is 11.8. The first kappa shape index (κ1) is 17.3. The van der Waals surface area contributed by atoms with Crippen molar-refractivity contribution in [2.24, 2.45) is 0 Å². The number of anilines is 1. The van der Waals surface area contributed by atoms with Crippen molar-refractivity contribution in [3.8, 4) is 0 Å². The van der Waals surface area contributed by atoms with Crippen LogP contribution in [0.25, 0.3) is 16.3 Å². The standard InChI is InChI=1S/C18H16N2O3S2/c1-12(10-13-6-4-3-5-7-13)17(21)20-18-19-15-9-8-14(25(2,22)23)11-16(15)24-18/h3-11H,1-2H3,(H,19,20,21)/b12-10-. The SMILES string of the molecule is C/C(=C/c1ccccc1)C(=O)Nc1nc2ccc(S(C)(=O)=O)cc2s1. The lowest BCUT2D eigenvalue weighted by Gasteiger charge is -2.01. The van der Waals surface area contributed by atoms with Crippen LogP contribution in [0.4, 0.5) is 5.13 Å². The second-order valence-electron chi connectivity index (χ2n) is 5.61. The van der Waals surface area contributed by atoms with Crippen LogP contribution in [0, 0.1) is 0 Å². The maximum absolute atomic E-state index is 12.3. The van der Waals surface area contributed by atoms with Gasteiger partial charge in [0.2, 0.25) is 0 Å². The van der Waals surface area contributed by atoms with Crippen molar-refractivity contribution in [1.82, 2.24) is 4.98 Å². The van der Waals surface area contributed by atoms with Crippen molar-refractivity contribution >= 4 is 48.5 Å². The summed E-state index contributed by atoms with van der Waals surface area (Å²) in [5, 5.41) is 3.20. The van der Waals surface area contributed by atoms with E-state index < -0.39 is 9.84 Å². The molecule has 3 aromatic rings. The molecule has 25 heavy (non-hydrogen) atoms. The molecular weight excluding hydrogens is 356 g/mol. The van der Waals surface area contributed by atoms with Crippen LogP contribution in [0.2, 0.25) is 0 Å². The van der Waals surface area contributed by atoms with Crippen LogP contribution < -0.4 is 5.32 Å². The molecular formula is C18H16N2O3S2. The van der Waals surface area contributed by atoms with Gasteiger partial charge in [0.15, 0.2) is 15.0 Å². The zero-order valence-electron chi connectivity index (χ0n) is 13.7. The molecule has 2 aromatic carbocycles. The van der Waals surface area contributed by atoms with Gasteiger partial charge in [0.05, 0.1) is 15.1 Å². The molecule has 0 saturated heterocycles. The molecule has 0 spiro atoms. The van der Waals surface area contributed by atoms with Gasteiger partial charge in [-0.1, -0.05) is 41.7 Å². The summed E-state index contributed by atoms with van der Waals surface area (Å²) in [6, 6.07) is 14.3. The summed E-state index contributed by atoms with van der Waals surface area (Å²) >= 11 is 1.24. The number of nitrogens with zero attached hydrogens (tertiary/aromatic N) is 1. The molecule has 0 aliphatic rings. The molecule has 7 heteroatoms. The summed E-state index contributed by atoms with van der Waals surface area (Å²) < 4.78 is 24.0. The normalized spacial score (nSPS) is 12.3. The van der Waals surface area contributed by atoms with E-state index in [1.54, 1.807) is 25.1 Å². The maximum Gasteiger partial charge on any atom is 0.253 e. The number of hydrogen-bond acceptors (Lipinski definition) is 5. The van der Waals surface area contributed by atoms with Crippen molar-refractivity contribution in [3.63, 3.8) is 0 Å². The average molecular weight is 372 g/mol.